The fourth-order valence-corrected chi connectivity index (χ4v) is 2.55. The monoisotopic (exact) mass is 243 g/mol. The molecule has 0 bridgehead atoms. The van der Waals surface area contributed by atoms with Gasteiger partial charge in [-0.05, 0) is 44.0 Å². The van der Waals surface area contributed by atoms with Crippen molar-refractivity contribution < 1.29 is 0 Å². The third-order valence-electron chi connectivity index (χ3n) is 3.61. The zero-order valence-electron chi connectivity index (χ0n) is 11.2. The molecule has 1 aliphatic carbocycles. The smallest absolute Gasteiger partial charge is 0.111 e. The van der Waals surface area contributed by atoms with E-state index in [0.29, 0.717) is 6.04 Å². The number of hydrogen-bond donors (Lipinski definition) is 1. The summed E-state index contributed by atoms with van der Waals surface area (Å²) in [4.78, 5) is 4.83. The number of nitrogens with zero attached hydrogens (tertiary/aromatic N) is 2. The van der Waals surface area contributed by atoms with Crippen LogP contribution in [-0.2, 0) is 6.42 Å². The highest BCUT2D eigenvalue weighted by molar-refractivity contribution is 5.77. The second-order valence-electron chi connectivity index (χ2n) is 5.22. The van der Waals surface area contributed by atoms with E-state index in [2.05, 4.69) is 41.9 Å². The lowest BCUT2D eigenvalue weighted by Crippen LogP contribution is -2.18. The number of benzene rings is 1. The van der Waals surface area contributed by atoms with E-state index in [-0.39, 0.29) is 0 Å². The Morgan fingerprint density at radius 3 is 2.94 bits per heavy atom. The fourth-order valence-electron chi connectivity index (χ4n) is 2.55. The first-order valence-electron chi connectivity index (χ1n) is 6.97. The SMILES string of the molecule is CCNCCc1nc2cc(C)ccc2n1C1CC1. The quantitative estimate of drug-likeness (QED) is 0.818. The van der Waals surface area contributed by atoms with Crippen LogP contribution in [0, 0.1) is 6.92 Å². The van der Waals surface area contributed by atoms with Gasteiger partial charge in [0.25, 0.3) is 0 Å². The normalized spacial score (nSPS) is 15.4. The Labute approximate surface area is 108 Å². The molecule has 0 aliphatic heterocycles. The number of hydrogen-bond acceptors (Lipinski definition) is 2. The minimum atomic E-state index is 0.703. The summed E-state index contributed by atoms with van der Waals surface area (Å²) < 4.78 is 2.46. The molecular weight excluding hydrogens is 222 g/mol. The molecule has 18 heavy (non-hydrogen) atoms. The van der Waals surface area contributed by atoms with Crippen molar-refractivity contribution in [3.63, 3.8) is 0 Å². The van der Waals surface area contributed by atoms with Crippen molar-refractivity contribution in [2.45, 2.75) is 39.2 Å². The van der Waals surface area contributed by atoms with Crippen LogP contribution in [0.25, 0.3) is 11.0 Å². The van der Waals surface area contributed by atoms with Crippen molar-refractivity contribution in [3.8, 4) is 0 Å². The van der Waals surface area contributed by atoms with Crippen LogP contribution in [0.3, 0.4) is 0 Å². The van der Waals surface area contributed by atoms with Crippen LogP contribution in [0.4, 0.5) is 0 Å². The Balaban J connectivity index is 1.98. The van der Waals surface area contributed by atoms with E-state index in [4.69, 9.17) is 4.98 Å². The van der Waals surface area contributed by atoms with Crippen LogP contribution in [0.2, 0.25) is 0 Å². The van der Waals surface area contributed by atoms with Crippen LogP contribution in [-0.4, -0.2) is 22.6 Å². The molecule has 1 aliphatic rings. The predicted octanol–water partition coefficient (Wildman–Crippen LogP) is 2.83. The number of nitrogens with one attached hydrogen (secondary N) is 1. The van der Waals surface area contributed by atoms with E-state index in [1.807, 2.05) is 0 Å². The van der Waals surface area contributed by atoms with Gasteiger partial charge < -0.3 is 9.88 Å². The maximum atomic E-state index is 4.83. The largest absolute Gasteiger partial charge is 0.325 e. The van der Waals surface area contributed by atoms with Crippen LogP contribution >= 0.6 is 0 Å². The van der Waals surface area contributed by atoms with Crippen molar-refractivity contribution >= 4 is 11.0 Å². The first kappa shape index (κ1) is 11.7. The second kappa shape index (κ2) is 4.73. The van der Waals surface area contributed by atoms with Crippen molar-refractivity contribution in [3.05, 3.63) is 29.6 Å². The summed E-state index contributed by atoms with van der Waals surface area (Å²) >= 11 is 0. The van der Waals surface area contributed by atoms with Gasteiger partial charge in [0, 0.05) is 19.0 Å². The van der Waals surface area contributed by atoms with Gasteiger partial charge in [0.1, 0.15) is 5.82 Å². The lowest BCUT2D eigenvalue weighted by molar-refractivity contribution is 0.648. The summed E-state index contributed by atoms with van der Waals surface area (Å²) in [5.74, 6) is 1.25. The molecule has 3 heteroatoms. The standard InChI is InChI=1S/C15H21N3/c1-3-16-9-8-15-17-13-10-11(2)4-7-14(13)18(15)12-5-6-12/h4,7,10,12,16H,3,5-6,8-9H2,1-2H3. The van der Waals surface area contributed by atoms with E-state index in [1.54, 1.807) is 0 Å². The van der Waals surface area contributed by atoms with Gasteiger partial charge in [0.2, 0.25) is 0 Å². The summed E-state index contributed by atoms with van der Waals surface area (Å²) in [5, 5.41) is 3.39. The van der Waals surface area contributed by atoms with Crippen LogP contribution in [0.15, 0.2) is 18.2 Å². The van der Waals surface area contributed by atoms with E-state index < -0.39 is 0 Å². The first-order chi connectivity index (χ1) is 8.79. The third kappa shape index (κ3) is 2.15. The van der Waals surface area contributed by atoms with Gasteiger partial charge >= 0.3 is 0 Å². The van der Waals surface area contributed by atoms with Gasteiger partial charge in [-0.3, -0.25) is 0 Å². The van der Waals surface area contributed by atoms with Crippen molar-refractivity contribution in [2.24, 2.45) is 0 Å². The third-order valence-corrected chi connectivity index (χ3v) is 3.61. The van der Waals surface area contributed by atoms with Crippen molar-refractivity contribution in [2.75, 3.05) is 13.1 Å². The molecule has 0 radical (unpaired) electrons. The van der Waals surface area contributed by atoms with Crippen molar-refractivity contribution in [1.82, 2.24) is 14.9 Å². The highest BCUT2D eigenvalue weighted by atomic mass is 15.1. The Kier molecular flexibility index (Phi) is 3.08. The molecular formula is C15H21N3. The maximum absolute atomic E-state index is 4.83. The summed E-state index contributed by atoms with van der Waals surface area (Å²) in [6.45, 7) is 6.33. The Hall–Kier alpha value is -1.35. The molecule has 0 spiro atoms. The molecule has 1 fully saturated rings. The maximum Gasteiger partial charge on any atom is 0.111 e. The van der Waals surface area contributed by atoms with E-state index in [1.165, 1.54) is 29.7 Å². The zero-order valence-corrected chi connectivity index (χ0v) is 11.2. The highest BCUT2D eigenvalue weighted by Crippen LogP contribution is 2.38. The molecule has 0 unspecified atom stereocenters. The predicted molar refractivity (Wildman–Crippen MR) is 75.0 cm³/mol. The zero-order chi connectivity index (χ0) is 12.5. The highest BCUT2D eigenvalue weighted by Gasteiger charge is 2.27. The molecule has 96 valence electrons. The number of fused-ring (bicyclic) bond motifs is 1. The summed E-state index contributed by atoms with van der Waals surface area (Å²) in [6, 6.07) is 7.32. The lowest BCUT2D eigenvalue weighted by Gasteiger charge is -2.07. The van der Waals surface area contributed by atoms with E-state index in [0.717, 1.165) is 25.0 Å². The molecule has 1 N–H and O–H groups in total. The minimum Gasteiger partial charge on any atom is -0.325 e. The molecule has 3 rings (SSSR count). The number of rotatable bonds is 5. The molecule has 1 aromatic carbocycles. The second-order valence-corrected chi connectivity index (χ2v) is 5.22. The van der Waals surface area contributed by atoms with Crippen LogP contribution in [0.1, 0.15) is 37.2 Å². The Morgan fingerprint density at radius 2 is 2.22 bits per heavy atom. The average Bonchev–Trinajstić information content (AvgIpc) is 3.12. The molecule has 3 nitrogen and oxygen atoms in total. The number of imidazole rings is 1. The molecule has 1 heterocycles. The van der Waals surface area contributed by atoms with Gasteiger partial charge in [0.05, 0.1) is 11.0 Å². The van der Waals surface area contributed by atoms with Crippen LogP contribution in [0.5, 0.6) is 0 Å². The molecule has 0 amide bonds. The topological polar surface area (TPSA) is 29.9 Å². The molecule has 0 atom stereocenters. The Morgan fingerprint density at radius 1 is 1.39 bits per heavy atom. The average molecular weight is 243 g/mol. The minimum absolute atomic E-state index is 0.703. The molecule has 2 aromatic rings. The lowest BCUT2D eigenvalue weighted by atomic mass is 10.2. The summed E-state index contributed by atoms with van der Waals surface area (Å²) in [6.07, 6.45) is 3.65. The van der Waals surface area contributed by atoms with Crippen molar-refractivity contribution in [1.29, 1.82) is 0 Å². The fraction of sp³-hybridized carbons (Fsp3) is 0.533. The van der Waals surface area contributed by atoms with E-state index in [9.17, 15) is 0 Å². The number of likely N-dealkylation sites (N-methyl/N-ethyl adjacent to an activating group) is 1. The van der Waals surface area contributed by atoms with Gasteiger partial charge in [-0.25, -0.2) is 4.98 Å². The van der Waals surface area contributed by atoms with Gasteiger partial charge in [0.15, 0.2) is 0 Å². The van der Waals surface area contributed by atoms with Crippen LogP contribution < -0.4 is 5.32 Å². The van der Waals surface area contributed by atoms with Gasteiger partial charge in [-0.2, -0.15) is 0 Å². The molecule has 1 saturated carbocycles. The summed E-state index contributed by atoms with van der Waals surface area (Å²) in [5.41, 5.74) is 3.77. The number of aromatic nitrogens is 2. The van der Waals surface area contributed by atoms with Gasteiger partial charge in [-0.1, -0.05) is 13.0 Å². The Bertz CT molecular complexity index is 552. The summed E-state index contributed by atoms with van der Waals surface area (Å²) in [7, 11) is 0. The molecule has 1 aromatic heterocycles. The molecule has 0 saturated heterocycles. The number of aryl methyl sites for hydroxylation is 1. The van der Waals surface area contributed by atoms with E-state index >= 15 is 0 Å². The first-order valence-corrected chi connectivity index (χ1v) is 6.97. The van der Waals surface area contributed by atoms with Gasteiger partial charge in [-0.15, -0.1) is 0 Å².